The van der Waals surface area contributed by atoms with Crippen molar-refractivity contribution in [2.24, 2.45) is 0 Å². The maximum absolute atomic E-state index is 12.8. The summed E-state index contributed by atoms with van der Waals surface area (Å²) in [5, 5.41) is 22.4. The van der Waals surface area contributed by atoms with E-state index in [1.54, 1.807) is 18.2 Å². The Balaban J connectivity index is 1.68. The van der Waals surface area contributed by atoms with Crippen molar-refractivity contribution in [3.05, 3.63) is 94.6 Å². The zero-order valence-electron chi connectivity index (χ0n) is 18.1. The van der Waals surface area contributed by atoms with Crippen molar-refractivity contribution in [2.75, 3.05) is 5.32 Å². The molecule has 2 aromatic carbocycles. The molecule has 0 radical (unpaired) electrons. The summed E-state index contributed by atoms with van der Waals surface area (Å²) in [5.74, 6) is -1.26. The topological polar surface area (TPSA) is 108 Å². The number of aromatic carboxylic acids is 1. The van der Waals surface area contributed by atoms with Gasteiger partial charge in [-0.2, -0.15) is 5.26 Å². The van der Waals surface area contributed by atoms with E-state index in [2.05, 4.69) is 5.32 Å². The number of aromatic nitrogens is 1. The number of para-hydroxylation sites is 1. The number of nitrogens with zero attached hydrogens (tertiary/aromatic N) is 2. The molecule has 0 spiro atoms. The first kappa shape index (κ1) is 21.7. The lowest BCUT2D eigenvalue weighted by atomic mass is 10.1. The number of fused-ring (bicyclic) bond motifs is 1. The molecule has 164 valence electrons. The van der Waals surface area contributed by atoms with E-state index in [1.807, 2.05) is 67.1 Å². The minimum atomic E-state index is -1.13. The first-order valence-corrected chi connectivity index (χ1v) is 10.3. The van der Waals surface area contributed by atoms with Crippen molar-refractivity contribution in [1.29, 1.82) is 5.26 Å². The number of nitriles is 1. The van der Waals surface area contributed by atoms with Crippen molar-refractivity contribution in [1.82, 2.24) is 4.57 Å². The van der Waals surface area contributed by atoms with E-state index in [9.17, 15) is 14.9 Å². The van der Waals surface area contributed by atoms with E-state index in [0.717, 1.165) is 22.0 Å². The van der Waals surface area contributed by atoms with Crippen LogP contribution in [0.15, 0.2) is 70.8 Å². The molecular weight excluding hydrogens is 418 g/mol. The Morgan fingerprint density at radius 2 is 1.91 bits per heavy atom. The Labute approximate surface area is 190 Å². The van der Waals surface area contributed by atoms with Crippen molar-refractivity contribution in [3.8, 4) is 6.07 Å². The molecule has 4 rings (SSSR count). The smallest absolute Gasteiger partial charge is 0.371 e. The Bertz CT molecular complexity index is 1450. The first-order valence-electron chi connectivity index (χ1n) is 10.3. The molecule has 0 bridgehead atoms. The predicted molar refractivity (Wildman–Crippen MR) is 125 cm³/mol. The molecule has 1 amide bonds. The molecule has 0 saturated heterocycles. The van der Waals surface area contributed by atoms with Crippen LogP contribution in [0.1, 0.15) is 33.0 Å². The van der Waals surface area contributed by atoms with Crippen molar-refractivity contribution >= 4 is 34.5 Å². The number of carboxylic acid groups (broad SMARTS) is 1. The number of aryl methyl sites for hydroxylation is 1. The van der Waals surface area contributed by atoms with Crippen molar-refractivity contribution in [2.45, 2.75) is 20.4 Å². The molecule has 0 atom stereocenters. The standard InChI is InChI=1S/C26H21N3O4/c1-16-6-5-8-22(17(16)2)28-25(30)18(13-27)12-19-14-29(23-9-4-3-7-21(19)23)15-20-10-11-24(33-20)26(31)32/h3-12,14H,15H2,1-2H3,(H,28,30)(H,31,32). The lowest BCUT2D eigenvalue weighted by molar-refractivity contribution is -0.112. The third kappa shape index (κ3) is 4.41. The van der Waals surface area contributed by atoms with Gasteiger partial charge in [-0.3, -0.25) is 4.79 Å². The molecule has 7 heteroatoms. The molecule has 0 saturated carbocycles. The van der Waals surface area contributed by atoms with Gasteiger partial charge in [0, 0.05) is 28.4 Å². The number of hydrogen-bond acceptors (Lipinski definition) is 4. The van der Waals surface area contributed by atoms with Crippen LogP contribution in [0.4, 0.5) is 5.69 Å². The van der Waals surface area contributed by atoms with Crippen LogP contribution in [-0.2, 0) is 11.3 Å². The van der Waals surface area contributed by atoms with Crippen LogP contribution in [0.2, 0.25) is 0 Å². The summed E-state index contributed by atoms with van der Waals surface area (Å²) < 4.78 is 7.27. The average Bonchev–Trinajstić information content (AvgIpc) is 3.41. The fourth-order valence-corrected chi connectivity index (χ4v) is 3.65. The second kappa shape index (κ2) is 8.89. The van der Waals surface area contributed by atoms with Crippen LogP contribution in [0, 0.1) is 25.2 Å². The van der Waals surface area contributed by atoms with Gasteiger partial charge in [-0.25, -0.2) is 4.79 Å². The van der Waals surface area contributed by atoms with E-state index in [1.165, 1.54) is 6.07 Å². The number of anilines is 1. The van der Waals surface area contributed by atoms with E-state index < -0.39 is 11.9 Å². The van der Waals surface area contributed by atoms with E-state index in [4.69, 9.17) is 9.52 Å². The molecule has 0 unspecified atom stereocenters. The van der Waals surface area contributed by atoms with Gasteiger partial charge in [0.1, 0.15) is 17.4 Å². The number of nitrogens with one attached hydrogen (secondary N) is 1. The second-order valence-electron chi connectivity index (χ2n) is 7.67. The molecule has 33 heavy (non-hydrogen) atoms. The van der Waals surface area contributed by atoms with Gasteiger partial charge in [-0.05, 0) is 55.3 Å². The van der Waals surface area contributed by atoms with E-state index in [0.29, 0.717) is 23.6 Å². The largest absolute Gasteiger partial charge is 0.475 e. The minimum Gasteiger partial charge on any atom is -0.475 e. The molecule has 0 aliphatic heterocycles. The van der Waals surface area contributed by atoms with Crippen LogP contribution < -0.4 is 5.32 Å². The highest BCUT2D eigenvalue weighted by atomic mass is 16.4. The SMILES string of the molecule is Cc1cccc(NC(=O)C(C#N)=Cc2cn(Cc3ccc(C(=O)O)o3)c3ccccc23)c1C. The number of carbonyl (C=O) groups is 2. The van der Waals surface area contributed by atoms with Gasteiger partial charge in [0.2, 0.25) is 5.76 Å². The van der Waals surface area contributed by atoms with Gasteiger partial charge >= 0.3 is 5.97 Å². The number of furan rings is 1. The average molecular weight is 439 g/mol. The highest BCUT2D eigenvalue weighted by molar-refractivity contribution is 6.11. The molecule has 2 aromatic heterocycles. The third-order valence-corrected chi connectivity index (χ3v) is 5.54. The predicted octanol–water partition coefficient (Wildman–Crippen LogP) is 5.14. The molecule has 2 heterocycles. The van der Waals surface area contributed by atoms with Gasteiger partial charge in [-0.15, -0.1) is 0 Å². The molecular formula is C26H21N3O4. The van der Waals surface area contributed by atoms with Crippen LogP contribution in [-0.4, -0.2) is 21.6 Å². The summed E-state index contributed by atoms with van der Waals surface area (Å²) in [6, 6.07) is 18.2. The number of carboxylic acids is 1. The zero-order chi connectivity index (χ0) is 23.5. The summed E-state index contributed by atoms with van der Waals surface area (Å²) in [5.41, 5.74) is 4.19. The maximum atomic E-state index is 12.8. The van der Waals surface area contributed by atoms with E-state index in [-0.39, 0.29) is 11.3 Å². The van der Waals surface area contributed by atoms with Gasteiger partial charge in [-0.1, -0.05) is 30.3 Å². The molecule has 0 fully saturated rings. The highest BCUT2D eigenvalue weighted by Gasteiger charge is 2.15. The van der Waals surface area contributed by atoms with Crippen molar-refractivity contribution in [3.63, 3.8) is 0 Å². The van der Waals surface area contributed by atoms with Gasteiger partial charge < -0.3 is 19.4 Å². The monoisotopic (exact) mass is 439 g/mol. The fourth-order valence-electron chi connectivity index (χ4n) is 3.65. The van der Waals surface area contributed by atoms with Crippen molar-refractivity contribution < 1.29 is 19.1 Å². The molecule has 7 nitrogen and oxygen atoms in total. The lowest BCUT2D eigenvalue weighted by Crippen LogP contribution is -2.14. The second-order valence-corrected chi connectivity index (χ2v) is 7.67. The first-order chi connectivity index (χ1) is 15.9. The van der Waals surface area contributed by atoms with Gasteiger partial charge in [0.05, 0.1) is 6.54 Å². The fraction of sp³-hybridized carbons (Fsp3) is 0.115. The van der Waals surface area contributed by atoms with Crippen LogP contribution in [0.5, 0.6) is 0 Å². The van der Waals surface area contributed by atoms with E-state index >= 15 is 0 Å². The summed E-state index contributed by atoms with van der Waals surface area (Å²) in [7, 11) is 0. The normalized spacial score (nSPS) is 11.4. The van der Waals surface area contributed by atoms with Crippen LogP contribution in [0.3, 0.4) is 0 Å². The number of rotatable bonds is 6. The zero-order valence-corrected chi connectivity index (χ0v) is 18.1. The summed E-state index contributed by atoms with van der Waals surface area (Å²) in [6.07, 6.45) is 3.38. The summed E-state index contributed by atoms with van der Waals surface area (Å²) >= 11 is 0. The molecule has 0 aliphatic rings. The third-order valence-electron chi connectivity index (χ3n) is 5.54. The molecule has 4 aromatic rings. The van der Waals surface area contributed by atoms with Crippen LogP contribution >= 0.6 is 0 Å². The maximum Gasteiger partial charge on any atom is 0.371 e. The minimum absolute atomic E-state index is 0.0232. The number of amides is 1. The lowest BCUT2D eigenvalue weighted by Gasteiger charge is -2.09. The Morgan fingerprint density at radius 3 is 2.64 bits per heavy atom. The quantitative estimate of drug-likeness (QED) is 0.319. The summed E-state index contributed by atoms with van der Waals surface area (Å²) in [4.78, 5) is 23.9. The number of carbonyl (C=O) groups excluding carboxylic acids is 1. The number of hydrogen-bond donors (Lipinski definition) is 2. The number of benzene rings is 2. The Hall–Kier alpha value is -4.57. The Kier molecular flexibility index (Phi) is 5.83. The Morgan fingerprint density at radius 1 is 1.12 bits per heavy atom. The molecule has 2 N–H and O–H groups in total. The van der Waals surface area contributed by atoms with Gasteiger partial charge in [0.25, 0.3) is 5.91 Å². The summed E-state index contributed by atoms with van der Waals surface area (Å²) in [6.45, 7) is 4.18. The molecule has 0 aliphatic carbocycles. The van der Waals surface area contributed by atoms with Gasteiger partial charge in [0.15, 0.2) is 0 Å². The highest BCUT2D eigenvalue weighted by Crippen LogP contribution is 2.26. The van der Waals surface area contributed by atoms with Crippen LogP contribution in [0.25, 0.3) is 17.0 Å².